The molecule has 0 aliphatic heterocycles. The van der Waals surface area contributed by atoms with Crippen molar-refractivity contribution in [1.29, 1.82) is 0 Å². The van der Waals surface area contributed by atoms with E-state index in [0.29, 0.717) is 29.8 Å². The van der Waals surface area contributed by atoms with Gasteiger partial charge in [-0.15, -0.1) is 0 Å². The minimum atomic E-state index is -1.75. The van der Waals surface area contributed by atoms with Gasteiger partial charge in [0, 0.05) is 6.10 Å². The first-order chi connectivity index (χ1) is 16.9. The van der Waals surface area contributed by atoms with E-state index in [-0.39, 0.29) is 16.4 Å². The van der Waals surface area contributed by atoms with Gasteiger partial charge in [-0.05, 0) is 130 Å². The molecule has 0 aromatic rings. The van der Waals surface area contributed by atoms with Crippen LogP contribution >= 0.6 is 0 Å². The first-order valence-electron chi connectivity index (χ1n) is 15.7. The minimum Gasteiger partial charge on any atom is -0.414 e. The highest BCUT2D eigenvalue weighted by atomic mass is 28.4. The molecular formula is C33H60O3Si. The van der Waals surface area contributed by atoms with Crippen molar-refractivity contribution < 1.29 is 14.6 Å². The Hall–Kier alpha value is -0.163. The molecule has 3 nitrogen and oxygen atoms in total. The molecule has 0 bridgehead atoms. The predicted molar refractivity (Wildman–Crippen MR) is 158 cm³/mol. The highest BCUT2D eigenvalue weighted by molar-refractivity contribution is 6.74. The maximum Gasteiger partial charge on any atom is 0.192 e. The zero-order chi connectivity index (χ0) is 27.6. The van der Waals surface area contributed by atoms with Gasteiger partial charge in [-0.1, -0.05) is 60.1 Å². The average molecular weight is 533 g/mol. The lowest BCUT2D eigenvalue weighted by Gasteiger charge is -2.59. The fourth-order valence-electron chi connectivity index (χ4n) is 9.30. The Labute approximate surface area is 230 Å². The number of aliphatic hydroxyl groups excluding tert-OH is 1. The first-order valence-corrected chi connectivity index (χ1v) is 18.6. The van der Waals surface area contributed by atoms with E-state index in [1.807, 2.05) is 6.92 Å². The highest BCUT2D eigenvalue weighted by Crippen LogP contribution is 2.68. The summed E-state index contributed by atoms with van der Waals surface area (Å²) in [6.45, 7) is 23.3. The quantitative estimate of drug-likeness (QED) is 0.255. The molecule has 0 saturated heterocycles. The minimum absolute atomic E-state index is 0.133. The Bertz CT molecular complexity index is 854. The SMILES string of the molecule is CC(C)CC[C@@H](O)[C@](C)(O)[C@H]1CC[C@H]2[C@@H]3CC=C4C[C@@H](O[Si](C)(C)C(C)(C)C)CC[C@]4(C)[C@H]3CC[C@]12C. The number of aliphatic hydroxyl groups is 2. The Morgan fingerprint density at radius 2 is 1.68 bits per heavy atom. The topological polar surface area (TPSA) is 49.7 Å². The highest BCUT2D eigenvalue weighted by Gasteiger charge is 2.62. The van der Waals surface area contributed by atoms with Crippen LogP contribution in [0.3, 0.4) is 0 Å². The Morgan fingerprint density at radius 3 is 2.30 bits per heavy atom. The number of rotatable bonds is 7. The lowest BCUT2D eigenvalue weighted by molar-refractivity contribution is -0.151. The van der Waals surface area contributed by atoms with Crippen molar-refractivity contribution in [2.75, 3.05) is 0 Å². The van der Waals surface area contributed by atoms with E-state index >= 15 is 0 Å². The molecule has 4 heteroatoms. The van der Waals surface area contributed by atoms with Gasteiger partial charge >= 0.3 is 0 Å². The molecule has 0 spiro atoms. The summed E-state index contributed by atoms with van der Waals surface area (Å²) in [5.74, 6) is 2.89. The van der Waals surface area contributed by atoms with E-state index in [2.05, 4.69) is 67.6 Å². The Kier molecular flexibility index (Phi) is 8.08. The summed E-state index contributed by atoms with van der Waals surface area (Å²) in [5, 5.41) is 23.1. The summed E-state index contributed by atoms with van der Waals surface area (Å²) in [4.78, 5) is 0. The smallest absolute Gasteiger partial charge is 0.192 e. The van der Waals surface area contributed by atoms with Crippen LogP contribution in [0, 0.1) is 40.4 Å². The van der Waals surface area contributed by atoms with Crippen LogP contribution in [-0.2, 0) is 4.43 Å². The third kappa shape index (κ3) is 5.20. The lowest BCUT2D eigenvalue weighted by atomic mass is 9.46. The Balaban J connectivity index is 1.50. The summed E-state index contributed by atoms with van der Waals surface area (Å²) in [5.41, 5.74) is 1.14. The standard InChI is InChI=1S/C33H60O3Si/c1-22(2)11-16-29(34)33(8,35)28-15-14-26-25-13-12-23-21-24(36-37(9,10)30(3,4)5)17-19-31(23,6)27(25)18-20-32(26,28)7/h12,22,24-29,34-35H,11,13-21H2,1-10H3/t24-,25-,26-,27-,28-,29+,31-,32-,33+/m0/s1. The average Bonchev–Trinajstić information content (AvgIpc) is 3.14. The van der Waals surface area contributed by atoms with Gasteiger partial charge in [-0.25, -0.2) is 0 Å². The van der Waals surface area contributed by atoms with Crippen molar-refractivity contribution in [1.82, 2.24) is 0 Å². The zero-order valence-electron chi connectivity index (χ0n) is 26.0. The number of fused-ring (bicyclic) bond motifs is 5. The van der Waals surface area contributed by atoms with Crippen molar-refractivity contribution in [3.05, 3.63) is 11.6 Å². The molecule has 0 radical (unpaired) electrons. The van der Waals surface area contributed by atoms with Crippen LogP contribution < -0.4 is 0 Å². The van der Waals surface area contributed by atoms with Crippen molar-refractivity contribution in [2.24, 2.45) is 40.4 Å². The fourth-order valence-corrected chi connectivity index (χ4v) is 10.7. The summed E-state index contributed by atoms with van der Waals surface area (Å²) in [7, 11) is -1.75. The monoisotopic (exact) mass is 532 g/mol. The fraction of sp³-hybridized carbons (Fsp3) is 0.939. The van der Waals surface area contributed by atoms with Gasteiger partial charge < -0.3 is 14.6 Å². The molecule has 4 rings (SSSR count). The van der Waals surface area contributed by atoms with Crippen LogP contribution in [0.2, 0.25) is 18.1 Å². The van der Waals surface area contributed by atoms with Gasteiger partial charge in [-0.3, -0.25) is 0 Å². The van der Waals surface area contributed by atoms with Crippen molar-refractivity contribution >= 4 is 8.32 Å². The van der Waals surface area contributed by atoms with Crippen LogP contribution in [0.25, 0.3) is 0 Å². The van der Waals surface area contributed by atoms with E-state index in [1.165, 1.54) is 38.5 Å². The Morgan fingerprint density at radius 1 is 1.00 bits per heavy atom. The number of hydrogen-bond donors (Lipinski definition) is 2. The van der Waals surface area contributed by atoms with Crippen LogP contribution in [0.1, 0.15) is 120 Å². The molecule has 2 N–H and O–H groups in total. The third-order valence-electron chi connectivity index (χ3n) is 12.7. The van der Waals surface area contributed by atoms with Crippen molar-refractivity contribution in [3.63, 3.8) is 0 Å². The third-order valence-corrected chi connectivity index (χ3v) is 17.3. The van der Waals surface area contributed by atoms with Crippen LogP contribution in [0.4, 0.5) is 0 Å². The molecule has 0 heterocycles. The second-order valence-corrected chi connectivity index (χ2v) is 21.1. The van der Waals surface area contributed by atoms with Crippen LogP contribution in [-0.4, -0.2) is 36.3 Å². The largest absolute Gasteiger partial charge is 0.414 e. The van der Waals surface area contributed by atoms with E-state index < -0.39 is 20.0 Å². The van der Waals surface area contributed by atoms with Gasteiger partial charge in [0.05, 0.1) is 11.7 Å². The molecule has 0 unspecified atom stereocenters. The number of allylic oxidation sites excluding steroid dienone is 1. The molecule has 9 atom stereocenters. The second kappa shape index (κ2) is 10.0. The molecule has 0 aromatic heterocycles. The molecule has 0 aromatic carbocycles. The molecule has 37 heavy (non-hydrogen) atoms. The molecule has 214 valence electrons. The summed E-state index contributed by atoms with van der Waals surface area (Å²) >= 11 is 0. The van der Waals surface area contributed by atoms with Gasteiger partial charge in [0.25, 0.3) is 0 Å². The lowest BCUT2D eigenvalue weighted by Crippen LogP contribution is -2.56. The van der Waals surface area contributed by atoms with Gasteiger partial charge in [-0.2, -0.15) is 0 Å². The molecule has 0 amide bonds. The van der Waals surface area contributed by atoms with Crippen LogP contribution in [0.15, 0.2) is 11.6 Å². The molecule has 4 aliphatic rings. The van der Waals surface area contributed by atoms with Crippen molar-refractivity contribution in [2.45, 2.75) is 156 Å². The normalized spacial score (nSPS) is 40.9. The van der Waals surface area contributed by atoms with Crippen LogP contribution in [0.5, 0.6) is 0 Å². The second-order valence-electron chi connectivity index (χ2n) is 16.4. The van der Waals surface area contributed by atoms with Gasteiger partial charge in [0.1, 0.15) is 0 Å². The van der Waals surface area contributed by atoms with E-state index in [1.54, 1.807) is 5.57 Å². The van der Waals surface area contributed by atoms with Crippen molar-refractivity contribution in [3.8, 4) is 0 Å². The van der Waals surface area contributed by atoms with E-state index in [0.717, 1.165) is 31.1 Å². The maximum absolute atomic E-state index is 11.7. The van der Waals surface area contributed by atoms with E-state index in [4.69, 9.17) is 4.43 Å². The molecule has 3 saturated carbocycles. The molecule has 3 fully saturated rings. The predicted octanol–water partition coefficient (Wildman–Crippen LogP) is 8.50. The molecule has 4 aliphatic carbocycles. The van der Waals surface area contributed by atoms with Gasteiger partial charge in [0.15, 0.2) is 8.32 Å². The van der Waals surface area contributed by atoms with E-state index in [9.17, 15) is 10.2 Å². The zero-order valence-corrected chi connectivity index (χ0v) is 27.0. The maximum atomic E-state index is 11.7. The van der Waals surface area contributed by atoms with Gasteiger partial charge in [0.2, 0.25) is 0 Å². The summed E-state index contributed by atoms with van der Waals surface area (Å²) < 4.78 is 6.91. The first kappa shape index (κ1) is 29.8. The molecular weight excluding hydrogens is 472 g/mol. The summed E-state index contributed by atoms with van der Waals surface area (Å²) in [6.07, 6.45) is 13.6. The summed E-state index contributed by atoms with van der Waals surface area (Å²) in [6, 6.07) is 0. The number of hydrogen-bond acceptors (Lipinski definition) is 3.